The lowest BCUT2D eigenvalue weighted by atomic mass is 10.1. The smallest absolute Gasteiger partial charge is 0.421 e. The summed E-state index contributed by atoms with van der Waals surface area (Å²) in [6.45, 7) is 3.71. The minimum Gasteiger partial charge on any atom is -0.464 e. The average Bonchev–Trinajstić information content (AvgIpc) is 3.32. The molecule has 2 aromatic heterocycles. The normalized spacial score (nSPS) is 11.5. The summed E-state index contributed by atoms with van der Waals surface area (Å²) in [7, 11) is -4.17. The van der Waals surface area contributed by atoms with E-state index in [2.05, 4.69) is 34.7 Å². The van der Waals surface area contributed by atoms with Crippen LogP contribution in [0.1, 0.15) is 23.9 Å². The highest BCUT2D eigenvalue weighted by Crippen LogP contribution is 2.27. The van der Waals surface area contributed by atoms with Crippen LogP contribution in [0.3, 0.4) is 0 Å². The van der Waals surface area contributed by atoms with Gasteiger partial charge in [0, 0.05) is 36.6 Å². The number of sulfonamides is 1. The lowest BCUT2D eigenvalue weighted by molar-refractivity contribution is 0.172. The lowest BCUT2D eigenvalue weighted by Crippen LogP contribution is -2.37. The Balaban J connectivity index is 1.38. The number of aryl methyl sites for hydroxylation is 2. The van der Waals surface area contributed by atoms with Crippen molar-refractivity contribution < 1.29 is 18.3 Å². The van der Waals surface area contributed by atoms with Gasteiger partial charge in [-0.3, -0.25) is 9.55 Å². The number of hydrogen-bond donors (Lipinski definition) is 1. The van der Waals surface area contributed by atoms with Crippen LogP contribution >= 0.6 is 0 Å². The number of nitrogens with zero attached hydrogens (tertiary/aromatic N) is 4. The summed E-state index contributed by atoms with van der Waals surface area (Å²) in [6, 6.07) is 23.9. The van der Waals surface area contributed by atoms with Crippen LogP contribution < -0.4 is 0 Å². The molecular weight excluding hydrogens is 512 g/mol. The molecule has 8 nitrogen and oxygen atoms in total. The molecule has 0 atom stereocenters. The van der Waals surface area contributed by atoms with E-state index in [1.807, 2.05) is 49.5 Å². The standard InChI is InChI=1S/C30H28N4O4S/c1-3-29-32-27-19-23(24-5-4-17-31-20-24)10-15-28(27)34(29)25-11-8-22(9-12-25)16-18-33(30(35)36)39(37,38)26-13-6-21(2)7-14-26/h4-15,17,19-20H,3,16,18H2,1-2H3,(H,35,36). The molecule has 1 N–H and O–H groups in total. The molecule has 0 saturated carbocycles. The number of pyridine rings is 1. The molecule has 39 heavy (non-hydrogen) atoms. The Morgan fingerprint density at radius 1 is 0.974 bits per heavy atom. The first kappa shape index (κ1) is 26.1. The van der Waals surface area contributed by atoms with E-state index >= 15 is 0 Å². The van der Waals surface area contributed by atoms with Gasteiger partial charge >= 0.3 is 6.09 Å². The zero-order chi connectivity index (χ0) is 27.6. The topological polar surface area (TPSA) is 105 Å². The van der Waals surface area contributed by atoms with Crippen LogP contribution in [0.5, 0.6) is 0 Å². The number of fused-ring (bicyclic) bond motifs is 1. The van der Waals surface area contributed by atoms with Crippen LogP contribution in [-0.2, 0) is 22.9 Å². The second-order valence-corrected chi connectivity index (χ2v) is 11.1. The van der Waals surface area contributed by atoms with Crippen molar-refractivity contribution in [2.75, 3.05) is 6.54 Å². The van der Waals surface area contributed by atoms with Crippen LogP contribution in [0.4, 0.5) is 4.79 Å². The van der Waals surface area contributed by atoms with Crippen molar-refractivity contribution in [1.82, 2.24) is 18.8 Å². The molecule has 0 radical (unpaired) electrons. The highest BCUT2D eigenvalue weighted by molar-refractivity contribution is 7.89. The van der Waals surface area contributed by atoms with E-state index in [1.54, 1.807) is 18.3 Å². The Morgan fingerprint density at radius 2 is 1.72 bits per heavy atom. The minimum absolute atomic E-state index is 0.0448. The third-order valence-corrected chi connectivity index (χ3v) is 8.44. The lowest BCUT2D eigenvalue weighted by Gasteiger charge is -2.19. The van der Waals surface area contributed by atoms with Crippen LogP contribution in [0, 0.1) is 6.92 Å². The van der Waals surface area contributed by atoms with Crippen LogP contribution in [0.2, 0.25) is 0 Å². The monoisotopic (exact) mass is 540 g/mol. The molecule has 0 saturated heterocycles. The highest BCUT2D eigenvalue weighted by Gasteiger charge is 2.28. The predicted octanol–water partition coefficient (Wildman–Crippen LogP) is 5.87. The van der Waals surface area contributed by atoms with Crippen molar-refractivity contribution in [3.05, 3.63) is 108 Å². The second kappa shape index (κ2) is 10.7. The molecule has 0 aliphatic carbocycles. The van der Waals surface area contributed by atoms with Gasteiger partial charge in [-0.1, -0.05) is 48.9 Å². The third kappa shape index (κ3) is 5.26. The molecule has 0 spiro atoms. The van der Waals surface area contributed by atoms with Gasteiger partial charge in [-0.05, 0) is 66.9 Å². The zero-order valence-corrected chi connectivity index (χ0v) is 22.5. The number of amides is 1. The molecule has 1 amide bonds. The van der Waals surface area contributed by atoms with Crippen molar-refractivity contribution in [2.45, 2.75) is 31.6 Å². The number of carboxylic acid groups (broad SMARTS) is 1. The number of rotatable bonds is 8. The maximum Gasteiger partial charge on any atom is 0.421 e. The van der Waals surface area contributed by atoms with Gasteiger partial charge in [0.05, 0.1) is 15.9 Å². The van der Waals surface area contributed by atoms with Gasteiger partial charge in [0.1, 0.15) is 5.82 Å². The van der Waals surface area contributed by atoms with E-state index < -0.39 is 16.1 Å². The fourth-order valence-corrected chi connectivity index (χ4v) is 5.84. The van der Waals surface area contributed by atoms with Gasteiger partial charge in [-0.2, -0.15) is 0 Å². The maximum atomic E-state index is 13.0. The molecule has 5 aromatic rings. The van der Waals surface area contributed by atoms with E-state index in [0.717, 1.165) is 51.2 Å². The first-order chi connectivity index (χ1) is 18.8. The number of carbonyl (C=O) groups is 1. The van der Waals surface area contributed by atoms with Crippen molar-refractivity contribution in [3.63, 3.8) is 0 Å². The molecule has 9 heteroatoms. The van der Waals surface area contributed by atoms with Gasteiger partial charge in [0.2, 0.25) is 0 Å². The molecule has 0 aliphatic heterocycles. The fourth-order valence-electron chi connectivity index (χ4n) is 4.57. The second-order valence-electron chi connectivity index (χ2n) is 9.25. The Labute approximate surface area is 227 Å². The van der Waals surface area contributed by atoms with E-state index in [9.17, 15) is 18.3 Å². The highest BCUT2D eigenvalue weighted by atomic mass is 32.2. The quantitative estimate of drug-likeness (QED) is 0.264. The van der Waals surface area contributed by atoms with Crippen molar-refractivity contribution >= 4 is 27.1 Å². The summed E-state index contributed by atoms with van der Waals surface area (Å²) in [5.74, 6) is 0.919. The van der Waals surface area contributed by atoms with Crippen molar-refractivity contribution in [1.29, 1.82) is 0 Å². The summed E-state index contributed by atoms with van der Waals surface area (Å²) in [4.78, 5) is 20.9. The van der Waals surface area contributed by atoms with Crippen LogP contribution in [0.25, 0.3) is 27.8 Å². The molecule has 5 rings (SSSR count). The first-order valence-corrected chi connectivity index (χ1v) is 14.1. The molecule has 0 unspecified atom stereocenters. The van der Waals surface area contributed by atoms with E-state index in [1.165, 1.54) is 12.1 Å². The van der Waals surface area contributed by atoms with Crippen LogP contribution in [-0.4, -0.2) is 45.0 Å². The van der Waals surface area contributed by atoms with Crippen molar-refractivity contribution in [3.8, 4) is 16.8 Å². The predicted molar refractivity (Wildman–Crippen MR) is 150 cm³/mol. The molecule has 2 heterocycles. The fraction of sp³-hybridized carbons (Fsp3) is 0.167. The summed E-state index contributed by atoms with van der Waals surface area (Å²) >= 11 is 0. The largest absolute Gasteiger partial charge is 0.464 e. The molecular formula is C30H28N4O4S. The van der Waals surface area contributed by atoms with Gasteiger partial charge in [0.25, 0.3) is 10.0 Å². The summed E-state index contributed by atoms with van der Waals surface area (Å²) in [5.41, 5.74) is 6.57. The van der Waals surface area contributed by atoms with Gasteiger partial charge in [-0.15, -0.1) is 0 Å². The average molecular weight is 541 g/mol. The Kier molecular flexibility index (Phi) is 7.17. The molecule has 3 aromatic carbocycles. The van der Waals surface area contributed by atoms with Gasteiger partial charge in [-0.25, -0.2) is 22.5 Å². The number of benzene rings is 3. The first-order valence-electron chi connectivity index (χ1n) is 12.6. The molecule has 0 aliphatic rings. The Bertz CT molecular complexity index is 1730. The van der Waals surface area contributed by atoms with E-state index in [-0.39, 0.29) is 17.9 Å². The molecule has 198 valence electrons. The summed E-state index contributed by atoms with van der Waals surface area (Å²) in [6.07, 6.45) is 3.06. The summed E-state index contributed by atoms with van der Waals surface area (Å²) in [5, 5.41) is 9.66. The van der Waals surface area contributed by atoms with Crippen molar-refractivity contribution in [2.24, 2.45) is 0 Å². The van der Waals surface area contributed by atoms with E-state index in [0.29, 0.717) is 4.31 Å². The SMILES string of the molecule is CCc1nc2cc(-c3cccnc3)ccc2n1-c1ccc(CCN(C(=O)O)S(=O)(=O)c2ccc(C)cc2)cc1. The number of imidazole rings is 1. The van der Waals surface area contributed by atoms with E-state index in [4.69, 9.17) is 4.98 Å². The molecule has 0 bridgehead atoms. The third-order valence-electron chi connectivity index (χ3n) is 6.66. The Morgan fingerprint density at radius 3 is 2.36 bits per heavy atom. The minimum atomic E-state index is -4.17. The molecule has 0 fully saturated rings. The van der Waals surface area contributed by atoms with Gasteiger partial charge in [0.15, 0.2) is 0 Å². The summed E-state index contributed by atoms with van der Waals surface area (Å²) < 4.78 is 28.5. The number of hydrogen-bond acceptors (Lipinski definition) is 5. The van der Waals surface area contributed by atoms with Crippen LogP contribution in [0.15, 0.2) is 96.2 Å². The van der Waals surface area contributed by atoms with Gasteiger partial charge < -0.3 is 5.11 Å². The zero-order valence-electron chi connectivity index (χ0n) is 21.7. The number of aromatic nitrogens is 3. The Hall–Kier alpha value is -4.50. The maximum absolute atomic E-state index is 13.0.